The number of esters is 1. The Balaban J connectivity index is 1.69. The number of hydrogen-bond acceptors (Lipinski definition) is 4. The van der Waals surface area contributed by atoms with E-state index >= 15 is 0 Å². The molecule has 0 saturated heterocycles. The van der Waals surface area contributed by atoms with E-state index in [1.807, 2.05) is 0 Å². The van der Waals surface area contributed by atoms with Crippen LogP contribution in [0.4, 0.5) is 5.69 Å². The van der Waals surface area contributed by atoms with Gasteiger partial charge >= 0.3 is 5.97 Å². The van der Waals surface area contributed by atoms with Crippen LogP contribution in [-0.2, 0) is 14.9 Å². The third-order valence-electron chi connectivity index (χ3n) is 8.64. The van der Waals surface area contributed by atoms with Crippen molar-refractivity contribution in [3.63, 3.8) is 0 Å². The summed E-state index contributed by atoms with van der Waals surface area (Å²) < 4.78 is 5.30. The van der Waals surface area contributed by atoms with Gasteiger partial charge in [0.2, 0.25) is 0 Å². The molecule has 1 aromatic rings. The van der Waals surface area contributed by atoms with Crippen molar-refractivity contribution in [3.8, 4) is 0 Å². The summed E-state index contributed by atoms with van der Waals surface area (Å²) in [5.74, 6) is 0.828. The molecule has 2 aliphatic heterocycles. The molecule has 3 fully saturated rings. The topological polar surface area (TPSA) is 50.4 Å². The lowest BCUT2D eigenvalue weighted by Gasteiger charge is -2.50. The molecule has 130 valence electrons. The van der Waals surface area contributed by atoms with Crippen LogP contribution in [0.15, 0.2) is 36.5 Å². The van der Waals surface area contributed by atoms with Gasteiger partial charge in [-0.3, -0.25) is 4.79 Å². The minimum atomic E-state index is -0.223. The van der Waals surface area contributed by atoms with Gasteiger partial charge in [0.05, 0.1) is 18.6 Å². The van der Waals surface area contributed by atoms with Crippen LogP contribution in [0.1, 0.15) is 31.7 Å². The van der Waals surface area contributed by atoms with Crippen molar-refractivity contribution in [2.45, 2.75) is 43.2 Å². The van der Waals surface area contributed by atoms with Gasteiger partial charge in [0.25, 0.3) is 0 Å². The fraction of sp³-hybridized carbons (Fsp3) is 0.571. The third-order valence-corrected chi connectivity index (χ3v) is 8.64. The van der Waals surface area contributed by atoms with Crippen molar-refractivity contribution in [1.82, 2.24) is 5.32 Å². The Bertz CT molecular complexity index is 835. The van der Waals surface area contributed by atoms with E-state index in [-0.39, 0.29) is 28.3 Å². The minimum Gasteiger partial charge on any atom is -0.469 e. The molecule has 6 rings (SSSR count). The van der Waals surface area contributed by atoms with E-state index in [0.29, 0.717) is 17.9 Å². The van der Waals surface area contributed by atoms with Crippen molar-refractivity contribution in [3.05, 3.63) is 42.1 Å². The summed E-state index contributed by atoms with van der Waals surface area (Å²) in [5.41, 5.74) is 2.56. The van der Waals surface area contributed by atoms with Crippen LogP contribution in [0.3, 0.4) is 0 Å². The van der Waals surface area contributed by atoms with Crippen molar-refractivity contribution < 1.29 is 9.53 Å². The highest BCUT2D eigenvalue weighted by atomic mass is 16.5. The smallest absolute Gasteiger partial charge is 0.311 e. The van der Waals surface area contributed by atoms with Gasteiger partial charge in [-0.2, -0.15) is 0 Å². The van der Waals surface area contributed by atoms with Crippen LogP contribution in [0, 0.1) is 23.2 Å². The van der Waals surface area contributed by atoms with Crippen molar-refractivity contribution in [2.75, 3.05) is 12.4 Å². The summed E-state index contributed by atoms with van der Waals surface area (Å²) in [6, 6.07) is 9.27. The molecule has 0 amide bonds. The second kappa shape index (κ2) is 4.05. The van der Waals surface area contributed by atoms with E-state index in [1.165, 1.54) is 24.8 Å². The molecular weight excluding hydrogens is 312 g/mol. The van der Waals surface area contributed by atoms with Gasteiger partial charge in [0.15, 0.2) is 0 Å². The minimum absolute atomic E-state index is 0.0303. The van der Waals surface area contributed by atoms with Gasteiger partial charge < -0.3 is 15.4 Å². The number of carbonyl (C=O) groups is 1. The number of para-hydroxylation sites is 1. The summed E-state index contributed by atoms with van der Waals surface area (Å²) in [6.07, 6.45) is 7.77. The molecule has 5 aliphatic rings. The monoisotopic (exact) mass is 336 g/mol. The normalized spacial score (nSPS) is 49.8. The van der Waals surface area contributed by atoms with E-state index in [2.05, 4.69) is 54.1 Å². The number of fused-ring (bicyclic) bond motifs is 1. The lowest BCUT2D eigenvalue weighted by molar-refractivity contribution is -0.149. The molecule has 4 heteroatoms. The van der Waals surface area contributed by atoms with Crippen molar-refractivity contribution in [2.24, 2.45) is 23.2 Å². The Kier molecular flexibility index (Phi) is 2.31. The third kappa shape index (κ3) is 1.17. The van der Waals surface area contributed by atoms with E-state index in [1.54, 1.807) is 0 Å². The summed E-state index contributed by atoms with van der Waals surface area (Å²) in [4.78, 5) is 12.9. The average Bonchev–Trinajstić information content (AvgIpc) is 3.29. The van der Waals surface area contributed by atoms with Crippen LogP contribution in [-0.4, -0.2) is 24.7 Å². The van der Waals surface area contributed by atoms with Gasteiger partial charge in [0.1, 0.15) is 0 Å². The molecule has 25 heavy (non-hydrogen) atoms. The number of hydrogen-bond donors (Lipinski definition) is 2. The van der Waals surface area contributed by atoms with Gasteiger partial charge in [-0.15, -0.1) is 0 Å². The summed E-state index contributed by atoms with van der Waals surface area (Å²) in [5, 5.41) is 7.57. The van der Waals surface area contributed by atoms with Gasteiger partial charge in [0, 0.05) is 28.5 Å². The zero-order valence-electron chi connectivity index (χ0n) is 14.7. The van der Waals surface area contributed by atoms with E-state index in [0.717, 1.165) is 12.8 Å². The molecule has 7 atom stereocenters. The Morgan fingerprint density at radius 2 is 2.16 bits per heavy atom. The highest BCUT2D eigenvalue weighted by Crippen LogP contribution is 2.81. The highest BCUT2D eigenvalue weighted by molar-refractivity contribution is 5.82. The molecule has 4 nitrogen and oxygen atoms in total. The molecular formula is C21H24N2O2. The summed E-state index contributed by atoms with van der Waals surface area (Å²) >= 11 is 0. The number of methoxy groups -OCH3 is 1. The average molecular weight is 336 g/mol. The quantitative estimate of drug-likeness (QED) is 0.775. The molecule has 3 saturated carbocycles. The SMILES string of the molecule is COC(=O)[C@H]1C[C@]23C=CN[C@@H]4CC[C@@]5(c6ccccc6N[C@]15[C@@H]2C)[C@H]43. The van der Waals surface area contributed by atoms with Crippen LogP contribution >= 0.6 is 0 Å². The molecule has 2 heterocycles. The van der Waals surface area contributed by atoms with Crippen molar-refractivity contribution >= 4 is 11.7 Å². The standard InChI is InChI=1S/C21H24N2O2/c1-12-19-9-10-22-16-7-8-20(17(16)19)13-5-3-4-6-15(13)23-21(12,20)14(11-19)18(24)25-2/h3-6,9-10,12,14,16-17,22-23H,7-8,11H2,1-2H3/t12-,14-,16-,17-,19-,20-,21-/m1/s1. The zero-order valence-corrected chi connectivity index (χ0v) is 14.7. The van der Waals surface area contributed by atoms with E-state index in [4.69, 9.17) is 4.74 Å². The maximum atomic E-state index is 12.9. The number of anilines is 1. The molecule has 2 bridgehead atoms. The van der Waals surface area contributed by atoms with Crippen LogP contribution in [0.2, 0.25) is 0 Å². The number of benzene rings is 1. The Hall–Kier alpha value is -1.97. The predicted molar refractivity (Wildman–Crippen MR) is 95.0 cm³/mol. The summed E-state index contributed by atoms with van der Waals surface area (Å²) in [7, 11) is 1.54. The summed E-state index contributed by atoms with van der Waals surface area (Å²) in [6.45, 7) is 2.37. The first-order valence-corrected chi connectivity index (χ1v) is 9.51. The molecule has 0 unspecified atom stereocenters. The number of ether oxygens (including phenoxy) is 1. The number of rotatable bonds is 1. The second-order valence-corrected chi connectivity index (χ2v) is 8.75. The van der Waals surface area contributed by atoms with Gasteiger partial charge in [-0.05, 0) is 43.0 Å². The Labute approximate surface area is 148 Å². The largest absolute Gasteiger partial charge is 0.469 e. The first kappa shape index (κ1) is 14.2. The van der Waals surface area contributed by atoms with E-state index < -0.39 is 0 Å². The number of nitrogens with one attached hydrogen (secondary N) is 2. The second-order valence-electron chi connectivity index (χ2n) is 8.75. The number of allylic oxidation sites excluding steroid dienone is 1. The Morgan fingerprint density at radius 3 is 3.00 bits per heavy atom. The molecule has 3 aliphatic carbocycles. The molecule has 2 N–H and O–H groups in total. The maximum absolute atomic E-state index is 12.9. The maximum Gasteiger partial charge on any atom is 0.311 e. The molecule has 0 aromatic heterocycles. The Morgan fingerprint density at radius 1 is 1.32 bits per heavy atom. The van der Waals surface area contributed by atoms with Crippen LogP contribution < -0.4 is 10.6 Å². The zero-order chi connectivity index (χ0) is 17.0. The lowest BCUT2D eigenvalue weighted by atomic mass is 9.55. The van der Waals surface area contributed by atoms with E-state index in [9.17, 15) is 4.79 Å². The fourth-order valence-electron chi connectivity index (χ4n) is 8.13. The highest BCUT2D eigenvalue weighted by Gasteiger charge is 2.85. The van der Waals surface area contributed by atoms with Gasteiger partial charge in [-0.1, -0.05) is 31.2 Å². The van der Waals surface area contributed by atoms with Crippen molar-refractivity contribution in [1.29, 1.82) is 0 Å². The molecule has 3 spiro atoms. The predicted octanol–water partition coefficient (Wildman–Crippen LogP) is 2.81. The fourth-order valence-corrected chi connectivity index (χ4v) is 8.13. The molecule has 0 radical (unpaired) electrons. The molecule has 1 aromatic carbocycles. The van der Waals surface area contributed by atoms with Crippen LogP contribution in [0.5, 0.6) is 0 Å². The lowest BCUT2D eigenvalue weighted by Crippen LogP contribution is -2.61. The van der Waals surface area contributed by atoms with Crippen LogP contribution in [0.25, 0.3) is 0 Å². The van der Waals surface area contributed by atoms with Gasteiger partial charge in [-0.25, -0.2) is 0 Å². The first-order valence-electron chi connectivity index (χ1n) is 9.51. The number of carbonyl (C=O) groups excluding carboxylic acids is 1. The first-order chi connectivity index (χ1) is 12.1.